The Kier molecular flexibility index (Phi) is 4.48. The van der Waals surface area contributed by atoms with Gasteiger partial charge in [-0.2, -0.15) is 5.10 Å². The number of aryl methyl sites for hydroxylation is 2. The zero-order valence-electron chi connectivity index (χ0n) is 14.1. The zero-order chi connectivity index (χ0) is 17.3. The fraction of sp³-hybridized carbons (Fsp3) is 0.500. The molecule has 24 heavy (non-hydrogen) atoms. The number of nitrogens with two attached hydrogens (primary N) is 1. The number of hydrogen-bond donors (Lipinski definition) is 1. The first kappa shape index (κ1) is 16.4. The molecule has 0 bridgehead atoms. The van der Waals surface area contributed by atoms with Crippen LogP contribution in [0.1, 0.15) is 28.4 Å². The van der Waals surface area contributed by atoms with E-state index >= 15 is 0 Å². The topological polar surface area (TPSA) is 99.2 Å². The average molecular weight is 330 g/mol. The molecule has 2 N–H and O–H groups in total. The molecule has 1 fully saturated rings. The minimum absolute atomic E-state index is 0.0101. The molecular weight excluding hydrogens is 308 g/mol. The van der Waals surface area contributed by atoms with Crippen molar-refractivity contribution < 1.29 is 9.53 Å². The molecule has 2 aromatic rings. The van der Waals surface area contributed by atoms with Crippen molar-refractivity contribution in [2.24, 2.45) is 0 Å². The Hall–Kier alpha value is -2.48. The van der Waals surface area contributed by atoms with Crippen LogP contribution in [-0.4, -0.2) is 56.4 Å². The Morgan fingerprint density at radius 3 is 2.83 bits per heavy atom. The number of nitrogen functional groups attached to an aromatic ring is 1. The highest BCUT2D eigenvalue weighted by Gasteiger charge is 2.36. The predicted molar refractivity (Wildman–Crippen MR) is 88.4 cm³/mol. The molecular formula is C16H22N6O2. The summed E-state index contributed by atoms with van der Waals surface area (Å²) in [5, 5.41) is 4.21. The molecule has 0 radical (unpaired) electrons. The number of rotatable bonds is 4. The summed E-state index contributed by atoms with van der Waals surface area (Å²) in [6, 6.07) is 3.45. The van der Waals surface area contributed by atoms with Crippen molar-refractivity contribution in [1.82, 2.24) is 24.6 Å². The number of aromatic nitrogens is 4. The Bertz CT molecular complexity index is 724. The first-order valence-corrected chi connectivity index (χ1v) is 7.91. The largest absolute Gasteiger partial charge is 0.382 e. The van der Waals surface area contributed by atoms with E-state index < -0.39 is 0 Å². The smallest absolute Gasteiger partial charge is 0.273 e. The molecule has 3 heterocycles. The molecule has 8 nitrogen and oxygen atoms in total. The van der Waals surface area contributed by atoms with Gasteiger partial charge in [-0.3, -0.25) is 9.48 Å². The SMILES string of the molecule is CO[C@H]1C[C@@H](Cn2ccc(N)n2)N(C(=O)c2cc(C)nc(C)n2)C1. The van der Waals surface area contributed by atoms with Gasteiger partial charge in [-0.05, 0) is 32.4 Å². The molecule has 1 saturated heterocycles. The van der Waals surface area contributed by atoms with Gasteiger partial charge in [0.1, 0.15) is 17.3 Å². The van der Waals surface area contributed by atoms with Crippen molar-refractivity contribution in [2.75, 3.05) is 19.4 Å². The van der Waals surface area contributed by atoms with Gasteiger partial charge in [-0.25, -0.2) is 9.97 Å². The Morgan fingerprint density at radius 2 is 2.21 bits per heavy atom. The quantitative estimate of drug-likeness (QED) is 0.890. The number of ether oxygens (including phenoxy) is 1. The predicted octanol–water partition coefficient (Wildman–Crippen LogP) is 0.802. The van der Waals surface area contributed by atoms with Crippen LogP contribution in [0.4, 0.5) is 5.82 Å². The number of carbonyl (C=O) groups is 1. The Balaban J connectivity index is 1.83. The zero-order valence-corrected chi connectivity index (χ0v) is 14.1. The fourth-order valence-electron chi connectivity index (χ4n) is 3.13. The lowest BCUT2D eigenvalue weighted by Crippen LogP contribution is -2.39. The number of methoxy groups -OCH3 is 1. The lowest BCUT2D eigenvalue weighted by molar-refractivity contribution is 0.0672. The summed E-state index contributed by atoms with van der Waals surface area (Å²) < 4.78 is 7.23. The van der Waals surface area contributed by atoms with Gasteiger partial charge in [0.15, 0.2) is 0 Å². The standard InChI is InChI=1S/C16H22N6O2/c1-10-6-14(19-11(2)18-10)16(23)22-9-13(24-3)7-12(22)8-21-5-4-15(17)20-21/h4-6,12-13H,7-9H2,1-3H3,(H2,17,20)/t12-,13-/m0/s1. The maximum atomic E-state index is 12.9. The van der Waals surface area contributed by atoms with Crippen molar-refractivity contribution >= 4 is 11.7 Å². The number of nitrogens with zero attached hydrogens (tertiary/aromatic N) is 5. The van der Waals surface area contributed by atoms with E-state index in [0.717, 1.165) is 12.1 Å². The highest BCUT2D eigenvalue weighted by Crippen LogP contribution is 2.23. The molecule has 0 aliphatic carbocycles. The summed E-state index contributed by atoms with van der Waals surface area (Å²) in [7, 11) is 1.67. The third-order valence-corrected chi connectivity index (χ3v) is 4.21. The molecule has 1 aliphatic rings. The number of carbonyl (C=O) groups excluding carboxylic acids is 1. The molecule has 0 spiro atoms. The van der Waals surface area contributed by atoms with Crippen LogP contribution in [0.5, 0.6) is 0 Å². The Labute approximate surface area is 140 Å². The Morgan fingerprint density at radius 1 is 1.42 bits per heavy atom. The van der Waals surface area contributed by atoms with Crippen LogP contribution < -0.4 is 5.73 Å². The summed E-state index contributed by atoms with van der Waals surface area (Å²) >= 11 is 0. The molecule has 0 saturated carbocycles. The van der Waals surface area contributed by atoms with E-state index in [1.807, 2.05) is 18.0 Å². The van der Waals surface area contributed by atoms with Crippen LogP contribution in [0.25, 0.3) is 0 Å². The number of likely N-dealkylation sites (tertiary alicyclic amines) is 1. The van der Waals surface area contributed by atoms with Gasteiger partial charge < -0.3 is 15.4 Å². The minimum Gasteiger partial charge on any atom is -0.382 e. The van der Waals surface area contributed by atoms with Crippen molar-refractivity contribution in [2.45, 2.75) is 39.0 Å². The molecule has 1 aliphatic heterocycles. The summed E-state index contributed by atoms with van der Waals surface area (Å²) in [5.74, 6) is 0.960. The van der Waals surface area contributed by atoms with Gasteiger partial charge in [0.05, 0.1) is 18.7 Å². The number of anilines is 1. The molecule has 2 aromatic heterocycles. The van der Waals surface area contributed by atoms with Gasteiger partial charge in [-0.15, -0.1) is 0 Å². The van der Waals surface area contributed by atoms with Gasteiger partial charge in [0.2, 0.25) is 0 Å². The molecule has 2 atom stereocenters. The van der Waals surface area contributed by atoms with Crippen LogP contribution in [0, 0.1) is 13.8 Å². The van der Waals surface area contributed by atoms with Gasteiger partial charge in [0.25, 0.3) is 5.91 Å². The van der Waals surface area contributed by atoms with Gasteiger partial charge >= 0.3 is 0 Å². The van der Waals surface area contributed by atoms with Crippen LogP contribution in [-0.2, 0) is 11.3 Å². The third-order valence-electron chi connectivity index (χ3n) is 4.21. The monoisotopic (exact) mass is 330 g/mol. The van der Waals surface area contributed by atoms with Crippen molar-refractivity contribution in [3.63, 3.8) is 0 Å². The summed E-state index contributed by atoms with van der Waals surface area (Å²) in [6.07, 6.45) is 2.58. The van der Waals surface area contributed by atoms with E-state index in [-0.39, 0.29) is 18.1 Å². The number of hydrogen-bond acceptors (Lipinski definition) is 6. The van der Waals surface area contributed by atoms with E-state index in [0.29, 0.717) is 30.4 Å². The van der Waals surface area contributed by atoms with Crippen LogP contribution in [0.3, 0.4) is 0 Å². The first-order valence-electron chi connectivity index (χ1n) is 7.91. The highest BCUT2D eigenvalue weighted by atomic mass is 16.5. The van der Waals surface area contributed by atoms with Crippen LogP contribution in [0.15, 0.2) is 18.3 Å². The first-order chi connectivity index (χ1) is 11.5. The van der Waals surface area contributed by atoms with E-state index in [1.54, 1.807) is 30.8 Å². The highest BCUT2D eigenvalue weighted by molar-refractivity contribution is 5.92. The lowest BCUT2D eigenvalue weighted by atomic mass is 10.2. The van der Waals surface area contributed by atoms with E-state index in [9.17, 15) is 4.79 Å². The molecule has 1 amide bonds. The maximum Gasteiger partial charge on any atom is 0.273 e. The maximum absolute atomic E-state index is 12.9. The van der Waals surface area contributed by atoms with Crippen molar-refractivity contribution in [3.8, 4) is 0 Å². The normalized spacial score (nSPS) is 20.5. The number of amides is 1. The third kappa shape index (κ3) is 3.38. The second-order valence-electron chi connectivity index (χ2n) is 6.11. The second-order valence-corrected chi connectivity index (χ2v) is 6.11. The molecule has 8 heteroatoms. The van der Waals surface area contributed by atoms with E-state index in [4.69, 9.17) is 10.5 Å². The average Bonchev–Trinajstić information content (AvgIpc) is 3.12. The van der Waals surface area contributed by atoms with Gasteiger partial charge in [0, 0.05) is 25.5 Å². The summed E-state index contributed by atoms with van der Waals surface area (Å²) in [5.41, 5.74) is 6.87. The van der Waals surface area contributed by atoms with Crippen molar-refractivity contribution in [1.29, 1.82) is 0 Å². The molecule has 0 aromatic carbocycles. The van der Waals surface area contributed by atoms with Crippen molar-refractivity contribution in [3.05, 3.63) is 35.5 Å². The van der Waals surface area contributed by atoms with Gasteiger partial charge in [-0.1, -0.05) is 0 Å². The van der Waals surface area contributed by atoms with Crippen LogP contribution >= 0.6 is 0 Å². The van der Waals surface area contributed by atoms with Crippen LogP contribution in [0.2, 0.25) is 0 Å². The molecule has 128 valence electrons. The summed E-state index contributed by atoms with van der Waals surface area (Å²) in [6.45, 7) is 4.76. The summed E-state index contributed by atoms with van der Waals surface area (Å²) in [4.78, 5) is 23.3. The molecule has 0 unspecified atom stereocenters. The molecule has 3 rings (SSSR count). The second kappa shape index (κ2) is 6.56. The van der Waals surface area contributed by atoms with E-state index in [1.165, 1.54) is 0 Å². The minimum atomic E-state index is -0.103. The fourth-order valence-corrected chi connectivity index (χ4v) is 3.13. The lowest BCUT2D eigenvalue weighted by Gasteiger charge is -2.24. The van der Waals surface area contributed by atoms with E-state index in [2.05, 4.69) is 15.1 Å².